The fourth-order valence-electron chi connectivity index (χ4n) is 2.45. The van der Waals surface area contributed by atoms with E-state index in [9.17, 15) is 4.79 Å². The Hall–Kier alpha value is -1.84. The highest BCUT2D eigenvalue weighted by atomic mass is 16.6. The molecule has 0 aliphatic carbocycles. The van der Waals surface area contributed by atoms with Crippen LogP contribution in [0.2, 0.25) is 0 Å². The smallest absolute Gasteiger partial charge is 0.414 e. The number of amides is 1. The number of nitrogens with zero attached hydrogens (tertiary/aromatic N) is 2. The van der Waals surface area contributed by atoms with Crippen LogP contribution in [0, 0.1) is 19.8 Å². The lowest BCUT2D eigenvalue weighted by Crippen LogP contribution is -2.39. The zero-order valence-electron chi connectivity index (χ0n) is 14.4. The Kier molecular flexibility index (Phi) is 4.59. The van der Waals surface area contributed by atoms with Gasteiger partial charge in [0.1, 0.15) is 5.60 Å². The minimum atomic E-state index is -0.496. The summed E-state index contributed by atoms with van der Waals surface area (Å²) >= 11 is 0. The lowest BCUT2D eigenvalue weighted by molar-refractivity contribution is 0.0327. The van der Waals surface area contributed by atoms with Crippen LogP contribution in [0.4, 0.5) is 4.79 Å². The van der Waals surface area contributed by atoms with Gasteiger partial charge >= 0.3 is 6.09 Å². The summed E-state index contributed by atoms with van der Waals surface area (Å²) in [6.07, 6.45) is 4.62. The summed E-state index contributed by atoms with van der Waals surface area (Å²) in [7, 11) is 0. The number of carbonyl (C=O) groups is 1. The molecular formula is C18H26N2O2. The van der Waals surface area contributed by atoms with Crippen LogP contribution in [0.3, 0.4) is 0 Å². The molecule has 120 valence electrons. The predicted octanol–water partition coefficient (Wildman–Crippen LogP) is 4.32. The van der Waals surface area contributed by atoms with Crippen molar-refractivity contribution in [3.05, 3.63) is 35.2 Å². The van der Waals surface area contributed by atoms with Gasteiger partial charge in [-0.15, -0.1) is 0 Å². The van der Waals surface area contributed by atoms with Crippen LogP contribution >= 0.6 is 0 Å². The highest BCUT2D eigenvalue weighted by Crippen LogP contribution is 2.29. The molecule has 1 aliphatic heterocycles. The minimum Gasteiger partial charge on any atom is -0.443 e. The molecular weight excluding hydrogens is 276 g/mol. The number of allylic oxidation sites excluding steroid dienone is 1. The first-order chi connectivity index (χ1) is 10.2. The van der Waals surface area contributed by atoms with Gasteiger partial charge in [-0.05, 0) is 58.6 Å². The standard InChI is InChI=1S/C18H26N2O2/c1-12-7-8-16(15-9-13(2)14(3)19-10-15)20(11-12)17(21)22-18(4,5)6/h8-10,12H,7,11H2,1-6H3/t12-/m0/s1. The second-order valence-corrected chi connectivity index (χ2v) is 7.15. The van der Waals surface area contributed by atoms with E-state index in [1.165, 1.54) is 0 Å². The molecule has 0 saturated heterocycles. The Bertz CT molecular complexity index is 600. The number of hydrogen-bond donors (Lipinski definition) is 0. The van der Waals surface area contributed by atoms with Crippen molar-refractivity contribution in [3.63, 3.8) is 0 Å². The van der Waals surface area contributed by atoms with E-state index in [0.29, 0.717) is 12.5 Å². The van der Waals surface area contributed by atoms with Crippen molar-refractivity contribution in [1.82, 2.24) is 9.88 Å². The van der Waals surface area contributed by atoms with E-state index in [2.05, 4.69) is 24.1 Å². The van der Waals surface area contributed by atoms with Gasteiger partial charge < -0.3 is 4.74 Å². The van der Waals surface area contributed by atoms with Crippen molar-refractivity contribution >= 4 is 11.8 Å². The van der Waals surface area contributed by atoms with E-state index in [-0.39, 0.29) is 6.09 Å². The molecule has 0 fully saturated rings. The van der Waals surface area contributed by atoms with Gasteiger partial charge in [0.2, 0.25) is 0 Å². The summed E-state index contributed by atoms with van der Waals surface area (Å²) in [6.45, 7) is 12.5. The molecule has 1 aromatic heterocycles. The topological polar surface area (TPSA) is 42.4 Å². The molecule has 0 saturated carbocycles. The van der Waals surface area contributed by atoms with Crippen molar-refractivity contribution in [2.24, 2.45) is 5.92 Å². The van der Waals surface area contributed by atoms with Gasteiger partial charge in [0, 0.05) is 24.0 Å². The molecule has 0 spiro atoms. The quantitative estimate of drug-likeness (QED) is 0.776. The average Bonchev–Trinajstić information content (AvgIpc) is 2.40. The number of rotatable bonds is 1. The van der Waals surface area contributed by atoms with E-state index in [1.807, 2.05) is 40.8 Å². The van der Waals surface area contributed by atoms with Gasteiger partial charge in [0.15, 0.2) is 0 Å². The van der Waals surface area contributed by atoms with Gasteiger partial charge in [-0.2, -0.15) is 0 Å². The second-order valence-electron chi connectivity index (χ2n) is 7.15. The zero-order valence-corrected chi connectivity index (χ0v) is 14.4. The maximum atomic E-state index is 12.5. The summed E-state index contributed by atoms with van der Waals surface area (Å²) in [5.74, 6) is 0.427. The summed E-state index contributed by atoms with van der Waals surface area (Å²) in [5.41, 5.74) is 3.52. The molecule has 1 atom stereocenters. The lowest BCUT2D eigenvalue weighted by Gasteiger charge is -2.33. The summed E-state index contributed by atoms with van der Waals surface area (Å²) in [4.78, 5) is 18.7. The van der Waals surface area contributed by atoms with Crippen molar-refractivity contribution in [2.75, 3.05) is 6.54 Å². The second kappa shape index (κ2) is 6.11. The number of ether oxygens (including phenoxy) is 1. The van der Waals surface area contributed by atoms with Crippen molar-refractivity contribution in [1.29, 1.82) is 0 Å². The number of hydrogen-bond acceptors (Lipinski definition) is 3. The summed E-state index contributed by atoms with van der Waals surface area (Å²) in [6, 6.07) is 2.08. The first-order valence-corrected chi connectivity index (χ1v) is 7.81. The molecule has 4 heteroatoms. The third-order valence-corrected chi connectivity index (χ3v) is 3.75. The van der Waals surface area contributed by atoms with Gasteiger partial charge in [0.25, 0.3) is 0 Å². The van der Waals surface area contributed by atoms with E-state index in [0.717, 1.165) is 28.9 Å². The molecule has 0 radical (unpaired) electrons. The third kappa shape index (κ3) is 3.87. The monoisotopic (exact) mass is 302 g/mol. The molecule has 2 heterocycles. The predicted molar refractivity (Wildman–Crippen MR) is 88.4 cm³/mol. The Balaban J connectivity index is 2.33. The van der Waals surface area contributed by atoms with Crippen LogP contribution in [-0.2, 0) is 4.74 Å². The molecule has 0 N–H and O–H groups in total. The average molecular weight is 302 g/mol. The Morgan fingerprint density at radius 1 is 1.36 bits per heavy atom. The first kappa shape index (κ1) is 16.5. The summed E-state index contributed by atoms with van der Waals surface area (Å²) < 4.78 is 5.56. The highest BCUT2D eigenvalue weighted by molar-refractivity contribution is 5.82. The Labute approximate surface area is 133 Å². The van der Waals surface area contributed by atoms with Crippen molar-refractivity contribution in [3.8, 4) is 0 Å². The number of aromatic nitrogens is 1. The number of carbonyl (C=O) groups excluding carboxylic acids is 1. The molecule has 4 nitrogen and oxygen atoms in total. The molecule has 1 aromatic rings. The molecule has 0 aromatic carbocycles. The van der Waals surface area contributed by atoms with Crippen LogP contribution < -0.4 is 0 Å². The normalized spacial score (nSPS) is 18.9. The zero-order chi connectivity index (χ0) is 16.5. The molecule has 0 bridgehead atoms. The number of pyridine rings is 1. The van der Waals surface area contributed by atoms with Crippen molar-refractivity contribution in [2.45, 2.75) is 53.6 Å². The molecule has 1 aliphatic rings. The van der Waals surface area contributed by atoms with Gasteiger partial charge in [0.05, 0.1) is 5.70 Å². The molecule has 2 rings (SSSR count). The van der Waals surface area contributed by atoms with E-state index in [4.69, 9.17) is 4.74 Å². The lowest BCUT2D eigenvalue weighted by atomic mass is 9.98. The van der Waals surface area contributed by atoms with E-state index < -0.39 is 5.60 Å². The fraction of sp³-hybridized carbons (Fsp3) is 0.556. The minimum absolute atomic E-state index is 0.288. The van der Waals surface area contributed by atoms with Crippen LogP contribution in [0.1, 0.15) is 50.9 Å². The van der Waals surface area contributed by atoms with Gasteiger partial charge in [-0.1, -0.05) is 13.0 Å². The Morgan fingerprint density at radius 3 is 2.64 bits per heavy atom. The fourth-order valence-corrected chi connectivity index (χ4v) is 2.45. The maximum Gasteiger partial charge on any atom is 0.414 e. The molecule has 1 amide bonds. The molecule has 0 unspecified atom stereocenters. The van der Waals surface area contributed by atoms with E-state index in [1.54, 1.807) is 4.90 Å². The van der Waals surface area contributed by atoms with Crippen molar-refractivity contribution < 1.29 is 9.53 Å². The summed E-state index contributed by atoms with van der Waals surface area (Å²) in [5, 5.41) is 0. The molecule has 22 heavy (non-hydrogen) atoms. The van der Waals surface area contributed by atoms with Crippen LogP contribution in [-0.4, -0.2) is 28.1 Å². The SMILES string of the molecule is Cc1cc(C2=CC[C@H](C)CN2C(=O)OC(C)(C)C)cnc1C. The first-order valence-electron chi connectivity index (χ1n) is 7.81. The highest BCUT2D eigenvalue weighted by Gasteiger charge is 2.29. The Morgan fingerprint density at radius 2 is 2.05 bits per heavy atom. The maximum absolute atomic E-state index is 12.5. The van der Waals surface area contributed by atoms with Gasteiger partial charge in [-0.25, -0.2) is 4.79 Å². The van der Waals surface area contributed by atoms with Crippen LogP contribution in [0.15, 0.2) is 18.3 Å². The number of aryl methyl sites for hydroxylation is 2. The largest absolute Gasteiger partial charge is 0.443 e. The third-order valence-electron chi connectivity index (χ3n) is 3.75. The van der Waals surface area contributed by atoms with Crippen LogP contribution in [0.25, 0.3) is 5.70 Å². The van der Waals surface area contributed by atoms with Gasteiger partial charge in [-0.3, -0.25) is 9.88 Å². The van der Waals surface area contributed by atoms with Crippen LogP contribution in [0.5, 0.6) is 0 Å². The van der Waals surface area contributed by atoms with E-state index >= 15 is 0 Å².